The number of ether oxygens (including phenoxy) is 1. The van der Waals surface area contributed by atoms with Crippen molar-refractivity contribution in [3.8, 4) is 5.75 Å². The number of halogens is 2. The summed E-state index contributed by atoms with van der Waals surface area (Å²) < 4.78 is 7.68. The lowest BCUT2D eigenvalue weighted by atomic mass is 10.1. The van der Waals surface area contributed by atoms with Crippen molar-refractivity contribution in [1.29, 1.82) is 0 Å². The number of hydrogen-bond donors (Lipinski definition) is 1. The van der Waals surface area contributed by atoms with E-state index in [1.54, 1.807) is 0 Å². The van der Waals surface area contributed by atoms with Crippen LogP contribution in [0.25, 0.3) is 6.08 Å². The van der Waals surface area contributed by atoms with Crippen LogP contribution in [0.2, 0.25) is 0 Å². The molecule has 100 valence electrons. The molecule has 0 heterocycles. The van der Waals surface area contributed by atoms with Gasteiger partial charge in [-0.15, -0.1) is 0 Å². The van der Waals surface area contributed by atoms with Gasteiger partial charge < -0.3 is 10.1 Å². The maximum absolute atomic E-state index is 5.68. The first-order chi connectivity index (χ1) is 8.58. The first-order valence-electron chi connectivity index (χ1n) is 6.11. The lowest BCUT2D eigenvalue weighted by Crippen LogP contribution is -2.22. The minimum absolute atomic E-state index is 0.349. The molecule has 1 N–H and O–H groups in total. The van der Waals surface area contributed by atoms with Gasteiger partial charge in [0.1, 0.15) is 5.75 Å². The predicted octanol–water partition coefficient (Wildman–Crippen LogP) is 4.62. The molecule has 2 nitrogen and oxygen atoms in total. The summed E-state index contributed by atoms with van der Waals surface area (Å²) in [5, 5.41) is 3.35. The largest absolute Gasteiger partial charge is 0.492 e. The van der Waals surface area contributed by atoms with Crippen LogP contribution in [0.3, 0.4) is 0 Å². The van der Waals surface area contributed by atoms with Crippen molar-refractivity contribution in [2.75, 3.05) is 13.2 Å². The van der Waals surface area contributed by atoms with Gasteiger partial charge in [-0.2, -0.15) is 0 Å². The number of hydrogen-bond acceptors (Lipinski definition) is 2. The van der Waals surface area contributed by atoms with Gasteiger partial charge in [-0.05, 0) is 48.5 Å². The predicted molar refractivity (Wildman–Crippen MR) is 85.2 cm³/mol. The smallest absolute Gasteiger partial charge is 0.140 e. The van der Waals surface area contributed by atoms with Crippen molar-refractivity contribution < 1.29 is 4.74 Å². The normalized spacial score (nSPS) is 12.9. The number of rotatable bonds is 6. The molecule has 1 aromatic rings. The Kier molecular flexibility index (Phi) is 6.97. The summed E-state index contributed by atoms with van der Waals surface area (Å²) in [5.74, 6) is 0.889. The van der Waals surface area contributed by atoms with Gasteiger partial charge in [0.15, 0.2) is 0 Å². The highest BCUT2D eigenvalue weighted by molar-refractivity contribution is 9.11. The average Bonchev–Trinajstić information content (AvgIpc) is 2.31. The molecule has 0 aromatic heterocycles. The fourth-order valence-corrected chi connectivity index (χ4v) is 3.01. The third kappa shape index (κ3) is 4.75. The molecule has 0 spiro atoms. The van der Waals surface area contributed by atoms with Crippen LogP contribution in [-0.2, 0) is 0 Å². The first kappa shape index (κ1) is 15.7. The first-order valence-corrected chi connectivity index (χ1v) is 7.70. The quantitative estimate of drug-likeness (QED) is 0.781. The Morgan fingerprint density at radius 1 is 1.33 bits per heavy atom. The molecule has 1 rings (SSSR count). The maximum Gasteiger partial charge on any atom is 0.140 e. The van der Waals surface area contributed by atoms with Crippen LogP contribution in [0.4, 0.5) is 0 Å². The van der Waals surface area contributed by atoms with E-state index in [2.05, 4.69) is 69.2 Å². The van der Waals surface area contributed by atoms with Crippen LogP contribution in [-0.4, -0.2) is 19.2 Å². The van der Waals surface area contributed by atoms with E-state index in [1.807, 2.05) is 13.0 Å². The van der Waals surface area contributed by atoms with Gasteiger partial charge in [0.05, 0.1) is 11.1 Å². The van der Waals surface area contributed by atoms with Gasteiger partial charge in [0.25, 0.3) is 0 Å². The molecule has 1 atom stereocenters. The van der Waals surface area contributed by atoms with Crippen molar-refractivity contribution in [3.05, 3.63) is 32.7 Å². The minimum Gasteiger partial charge on any atom is -0.492 e. The molecule has 18 heavy (non-hydrogen) atoms. The van der Waals surface area contributed by atoms with E-state index in [0.717, 1.165) is 26.8 Å². The van der Waals surface area contributed by atoms with Gasteiger partial charge >= 0.3 is 0 Å². The van der Waals surface area contributed by atoms with Crippen LogP contribution >= 0.6 is 31.9 Å². The Labute approximate surface area is 126 Å². The third-order valence-electron chi connectivity index (χ3n) is 2.42. The molecular weight excluding hydrogens is 358 g/mol. The Morgan fingerprint density at radius 3 is 2.67 bits per heavy atom. The van der Waals surface area contributed by atoms with Crippen LogP contribution in [0, 0.1) is 0 Å². The molecule has 0 saturated heterocycles. The number of nitrogens with one attached hydrogen (secondary N) is 1. The second-order valence-corrected chi connectivity index (χ2v) is 5.71. The fraction of sp³-hybridized carbons (Fsp3) is 0.429. The van der Waals surface area contributed by atoms with E-state index in [1.165, 1.54) is 0 Å². The molecule has 4 heteroatoms. The summed E-state index contributed by atoms with van der Waals surface area (Å²) in [6.07, 6.45) is 4.23. The van der Waals surface area contributed by atoms with Crippen LogP contribution in [0.1, 0.15) is 26.3 Å². The summed E-state index contributed by atoms with van der Waals surface area (Å²) in [5.41, 5.74) is 1.07. The Hall–Kier alpha value is -0.320. The van der Waals surface area contributed by atoms with Crippen LogP contribution in [0.15, 0.2) is 27.2 Å². The van der Waals surface area contributed by atoms with Gasteiger partial charge in [0.2, 0.25) is 0 Å². The number of benzene rings is 1. The Bertz CT molecular complexity index is 419. The molecule has 1 aromatic carbocycles. The molecule has 0 amide bonds. The molecule has 0 aliphatic heterocycles. The summed E-state index contributed by atoms with van der Waals surface area (Å²) in [6, 6.07) is 4.41. The summed E-state index contributed by atoms with van der Waals surface area (Å²) in [7, 11) is 0. The molecular formula is C14H19Br2NO. The summed E-state index contributed by atoms with van der Waals surface area (Å²) in [4.78, 5) is 0. The third-order valence-corrected chi connectivity index (χ3v) is 3.46. The average molecular weight is 377 g/mol. The lowest BCUT2D eigenvalue weighted by Gasteiger charge is -2.11. The number of likely N-dealkylation sites (N-methyl/N-ethyl adjacent to an activating group) is 1. The maximum atomic E-state index is 5.68. The molecule has 0 fully saturated rings. The van der Waals surface area contributed by atoms with Crippen molar-refractivity contribution in [2.24, 2.45) is 0 Å². The highest BCUT2D eigenvalue weighted by Crippen LogP contribution is 2.33. The highest BCUT2D eigenvalue weighted by Gasteiger charge is 2.07. The van der Waals surface area contributed by atoms with E-state index in [9.17, 15) is 0 Å². The molecule has 0 saturated carbocycles. The van der Waals surface area contributed by atoms with E-state index in [4.69, 9.17) is 4.74 Å². The van der Waals surface area contributed by atoms with Gasteiger partial charge in [0, 0.05) is 16.1 Å². The lowest BCUT2D eigenvalue weighted by molar-refractivity contribution is 0.337. The van der Waals surface area contributed by atoms with E-state index < -0.39 is 0 Å². The summed E-state index contributed by atoms with van der Waals surface area (Å²) >= 11 is 7.03. The van der Waals surface area contributed by atoms with Crippen molar-refractivity contribution in [3.63, 3.8) is 0 Å². The van der Waals surface area contributed by atoms with E-state index in [0.29, 0.717) is 12.6 Å². The summed E-state index contributed by atoms with van der Waals surface area (Å²) in [6.45, 7) is 7.85. The molecule has 0 aliphatic rings. The minimum atomic E-state index is 0.349. The van der Waals surface area contributed by atoms with Crippen molar-refractivity contribution in [2.45, 2.75) is 26.8 Å². The zero-order valence-electron chi connectivity index (χ0n) is 11.0. The molecule has 0 bridgehead atoms. The topological polar surface area (TPSA) is 21.3 Å². The highest BCUT2D eigenvalue weighted by atomic mass is 79.9. The van der Waals surface area contributed by atoms with Crippen LogP contribution in [0.5, 0.6) is 5.75 Å². The van der Waals surface area contributed by atoms with E-state index in [-0.39, 0.29) is 0 Å². The monoisotopic (exact) mass is 375 g/mol. The zero-order valence-corrected chi connectivity index (χ0v) is 14.1. The Morgan fingerprint density at radius 2 is 2.06 bits per heavy atom. The fourth-order valence-electron chi connectivity index (χ4n) is 1.64. The SMILES string of the molecule is CCNC(C)/C=C/c1cc(Br)cc(Br)c1OCC. The standard InChI is InChI=1S/C14H19Br2NO/c1-4-17-10(3)6-7-11-8-12(15)9-13(16)14(11)18-5-2/h6-10,17H,4-5H2,1-3H3/b7-6+. The van der Waals surface area contributed by atoms with Gasteiger partial charge in [-0.1, -0.05) is 35.0 Å². The van der Waals surface area contributed by atoms with Crippen LogP contribution < -0.4 is 10.1 Å². The second-order valence-electron chi connectivity index (χ2n) is 3.94. The Balaban J connectivity index is 2.98. The van der Waals surface area contributed by atoms with Gasteiger partial charge in [-0.3, -0.25) is 0 Å². The second kappa shape index (κ2) is 7.97. The van der Waals surface area contributed by atoms with Gasteiger partial charge in [-0.25, -0.2) is 0 Å². The van der Waals surface area contributed by atoms with Crippen molar-refractivity contribution >= 4 is 37.9 Å². The zero-order chi connectivity index (χ0) is 13.5. The molecule has 1 unspecified atom stereocenters. The molecule has 0 radical (unpaired) electrons. The van der Waals surface area contributed by atoms with Crippen molar-refractivity contribution in [1.82, 2.24) is 5.32 Å². The molecule has 0 aliphatic carbocycles. The van der Waals surface area contributed by atoms with E-state index >= 15 is 0 Å².